The summed E-state index contributed by atoms with van der Waals surface area (Å²) in [5.74, 6) is -0.539. The summed E-state index contributed by atoms with van der Waals surface area (Å²) in [5, 5.41) is 20.9. The summed E-state index contributed by atoms with van der Waals surface area (Å²) in [7, 11) is 0. The van der Waals surface area contributed by atoms with E-state index >= 15 is 0 Å². The average molecular weight is 215 g/mol. The molecule has 0 spiro atoms. The molecule has 0 aromatic heterocycles. The van der Waals surface area contributed by atoms with Gasteiger partial charge in [-0.3, -0.25) is 0 Å². The van der Waals surface area contributed by atoms with E-state index in [1.54, 1.807) is 6.08 Å². The fourth-order valence-corrected chi connectivity index (χ4v) is 1.23. The molecule has 0 amide bonds. The van der Waals surface area contributed by atoms with Crippen LogP contribution in [0.15, 0.2) is 11.6 Å². The Hall–Kier alpha value is -0.870. The van der Waals surface area contributed by atoms with Gasteiger partial charge in [-0.1, -0.05) is 26.8 Å². The van der Waals surface area contributed by atoms with Crippen LogP contribution in [0.2, 0.25) is 0 Å². The van der Waals surface area contributed by atoms with Gasteiger partial charge in [0.15, 0.2) is 0 Å². The van der Waals surface area contributed by atoms with Gasteiger partial charge >= 0.3 is 5.97 Å². The van der Waals surface area contributed by atoms with Crippen molar-refractivity contribution in [2.24, 2.45) is 5.92 Å². The van der Waals surface area contributed by atoms with E-state index in [4.69, 9.17) is 10.2 Å². The zero-order valence-electron chi connectivity index (χ0n) is 9.66. The van der Waals surface area contributed by atoms with Gasteiger partial charge in [0, 0.05) is 18.2 Å². The van der Waals surface area contributed by atoms with Crippen molar-refractivity contribution in [2.75, 3.05) is 13.2 Å². The molecule has 4 heteroatoms. The molecule has 0 saturated carbocycles. The summed E-state index contributed by atoms with van der Waals surface area (Å²) in [6.07, 6.45) is 2.18. The van der Waals surface area contributed by atoms with Crippen LogP contribution in [-0.2, 0) is 4.79 Å². The van der Waals surface area contributed by atoms with Crippen molar-refractivity contribution in [3.63, 3.8) is 0 Å². The van der Waals surface area contributed by atoms with Crippen LogP contribution in [-0.4, -0.2) is 35.4 Å². The topological polar surface area (TPSA) is 69.6 Å². The van der Waals surface area contributed by atoms with Crippen LogP contribution in [0, 0.1) is 5.92 Å². The SMILES string of the molecule is CCC(=CCNC(CO)C(C)C)C(=O)O. The Bertz CT molecular complexity index is 224. The van der Waals surface area contributed by atoms with Crippen molar-refractivity contribution in [1.29, 1.82) is 0 Å². The van der Waals surface area contributed by atoms with E-state index in [2.05, 4.69) is 5.32 Å². The van der Waals surface area contributed by atoms with Gasteiger partial charge in [0.05, 0.1) is 6.61 Å². The number of nitrogens with one attached hydrogen (secondary N) is 1. The predicted octanol–water partition coefficient (Wildman–Crippen LogP) is 1.01. The molecule has 0 aliphatic heterocycles. The van der Waals surface area contributed by atoms with Gasteiger partial charge in [-0.2, -0.15) is 0 Å². The molecule has 88 valence electrons. The number of carboxylic acid groups (broad SMARTS) is 1. The lowest BCUT2D eigenvalue weighted by atomic mass is 10.1. The maximum Gasteiger partial charge on any atom is 0.331 e. The van der Waals surface area contributed by atoms with Crippen LogP contribution < -0.4 is 5.32 Å². The molecule has 0 rings (SSSR count). The Morgan fingerprint density at radius 1 is 1.47 bits per heavy atom. The monoisotopic (exact) mass is 215 g/mol. The maximum absolute atomic E-state index is 10.7. The lowest BCUT2D eigenvalue weighted by Crippen LogP contribution is -2.37. The molecule has 15 heavy (non-hydrogen) atoms. The van der Waals surface area contributed by atoms with Crippen LogP contribution >= 0.6 is 0 Å². The van der Waals surface area contributed by atoms with Gasteiger partial charge in [0.1, 0.15) is 0 Å². The quantitative estimate of drug-likeness (QED) is 0.554. The molecule has 0 aromatic carbocycles. The minimum Gasteiger partial charge on any atom is -0.478 e. The molecule has 0 aliphatic carbocycles. The van der Waals surface area contributed by atoms with Gasteiger partial charge < -0.3 is 15.5 Å². The number of aliphatic hydroxyl groups excluding tert-OH is 1. The summed E-state index contributed by atoms with van der Waals surface area (Å²) in [5.41, 5.74) is 0.406. The molecule has 0 bridgehead atoms. The van der Waals surface area contributed by atoms with Gasteiger partial charge in [0.25, 0.3) is 0 Å². The number of hydrogen-bond donors (Lipinski definition) is 3. The van der Waals surface area contributed by atoms with Crippen LogP contribution in [0.4, 0.5) is 0 Å². The fourth-order valence-electron chi connectivity index (χ4n) is 1.23. The van der Waals surface area contributed by atoms with Crippen molar-refractivity contribution in [3.8, 4) is 0 Å². The highest BCUT2D eigenvalue weighted by atomic mass is 16.4. The third-order valence-electron chi connectivity index (χ3n) is 2.39. The second-order valence-corrected chi connectivity index (χ2v) is 3.83. The molecule has 0 aromatic rings. The van der Waals surface area contributed by atoms with Gasteiger partial charge in [-0.25, -0.2) is 4.79 Å². The second-order valence-electron chi connectivity index (χ2n) is 3.83. The van der Waals surface area contributed by atoms with Crippen LogP contribution in [0.5, 0.6) is 0 Å². The number of aliphatic hydroxyl groups is 1. The molecular weight excluding hydrogens is 194 g/mol. The predicted molar refractivity (Wildman–Crippen MR) is 59.7 cm³/mol. The zero-order valence-corrected chi connectivity index (χ0v) is 9.66. The summed E-state index contributed by atoms with van der Waals surface area (Å²) < 4.78 is 0. The minimum absolute atomic E-state index is 0.0214. The first kappa shape index (κ1) is 14.1. The van der Waals surface area contributed by atoms with E-state index in [-0.39, 0.29) is 12.6 Å². The molecule has 3 N–H and O–H groups in total. The molecular formula is C11H21NO3. The number of carboxylic acids is 1. The largest absolute Gasteiger partial charge is 0.478 e. The Labute approximate surface area is 91.0 Å². The highest BCUT2D eigenvalue weighted by molar-refractivity contribution is 5.86. The van der Waals surface area contributed by atoms with Gasteiger partial charge in [-0.15, -0.1) is 0 Å². The second kappa shape index (κ2) is 7.43. The number of carbonyl (C=O) groups is 1. The first-order chi connectivity index (χ1) is 7.02. The van der Waals surface area contributed by atoms with E-state index in [0.29, 0.717) is 24.5 Å². The average Bonchev–Trinajstić information content (AvgIpc) is 2.17. The highest BCUT2D eigenvalue weighted by Gasteiger charge is 2.10. The number of rotatable bonds is 7. The lowest BCUT2D eigenvalue weighted by molar-refractivity contribution is -0.132. The number of aliphatic carboxylic acids is 1. The third kappa shape index (κ3) is 5.54. The minimum atomic E-state index is -0.871. The number of hydrogen-bond acceptors (Lipinski definition) is 3. The summed E-state index contributed by atoms with van der Waals surface area (Å²) in [4.78, 5) is 10.7. The van der Waals surface area contributed by atoms with E-state index in [1.165, 1.54) is 0 Å². The molecule has 0 aliphatic rings. The van der Waals surface area contributed by atoms with Crippen molar-refractivity contribution in [2.45, 2.75) is 33.2 Å². The zero-order chi connectivity index (χ0) is 11.8. The Morgan fingerprint density at radius 3 is 2.40 bits per heavy atom. The Morgan fingerprint density at radius 2 is 2.07 bits per heavy atom. The smallest absolute Gasteiger partial charge is 0.331 e. The van der Waals surface area contributed by atoms with Gasteiger partial charge in [-0.05, 0) is 12.3 Å². The van der Waals surface area contributed by atoms with E-state index in [0.717, 1.165) is 0 Å². The van der Waals surface area contributed by atoms with Crippen LogP contribution in [0.3, 0.4) is 0 Å². The lowest BCUT2D eigenvalue weighted by Gasteiger charge is -2.18. The highest BCUT2D eigenvalue weighted by Crippen LogP contribution is 2.02. The molecule has 0 radical (unpaired) electrons. The molecule has 4 nitrogen and oxygen atoms in total. The summed E-state index contributed by atoms with van der Waals surface area (Å²) in [6.45, 7) is 6.38. The molecule has 1 unspecified atom stereocenters. The van der Waals surface area contributed by atoms with Crippen LogP contribution in [0.1, 0.15) is 27.2 Å². The molecule has 0 fully saturated rings. The first-order valence-corrected chi connectivity index (χ1v) is 5.29. The van der Waals surface area contributed by atoms with E-state index in [1.807, 2.05) is 20.8 Å². The first-order valence-electron chi connectivity index (χ1n) is 5.29. The van der Waals surface area contributed by atoms with Gasteiger partial charge in [0.2, 0.25) is 0 Å². The molecule has 0 heterocycles. The standard InChI is InChI=1S/C11H21NO3/c1-4-9(11(14)15)5-6-12-10(7-13)8(2)3/h5,8,10,12-13H,4,6-7H2,1-3H3,(H,14,15). The summed E-state index contributed by atoms with van der Waals surface area (Å²) >= 11 is 0. The van der Waals surface area contributed by atoms with E-state index in [9.17, 15) is 4.79 Å². The van der Waals surface area contributed by atoms with Crippen molar-refractivity contribution < 1.29 is 15.0 Å². The Kier molecular flexibility index (Phi) is 6.99. The normalized spacial score (nSPS) is 14.3. The van der Waals surface area contributed by atoms with Crippen LogP contribution in [0.25, 0.3) is 0 Å². The maximum atomic E-state index is 10.7. The van der Waals surface area contributed by atoms with Crippen molar-refractivity contribution in [3.05, 3.63) is 11.6 Å². The molecule has 1 atom stereocenters. The Balaban J connectivity index is 4.09. The van der Waals surface area contributed by atoms with Crippen molar-refractivity contribution in [1.82, 2.24) is 5.32 Å². The molecule has 0 saturated heterocycles. The summed E-state index contributed by atoms with van der Waals surface area (Å²) in [6, 6.07) is 0.0214. The fraction of sp³-hybridized carbons (Fsp3) is 0.727. The third-order valence-corrected chi connectivity index (χ3v) is 2.39. The van der Waals surface area contributed by atoms with Crippen molar-refractivity contribution >= 4 is 5.97 Å². The van der Waals surface area contributed by atoms with E-state index < -0.39 is 5.97 Å².